The van der Waals surface area contributed by atoms with E-state index in [1.165, 1.54) is 23.5 Å². The Hall–Kier alpha value is -3.23. The van der Waals surface area contributed by atoms with Crippen LogP contribution in [0.4, 0.5) is 10.1 Å². The number of morpholine rings is 1. The molecular weight excluding hydrogens is 439 g/mol. The van der Waals surface area contributed by atoms with Crippen molar-refractivity contribution in [3.8, 4) is 5.69 Å². The zero-order chi connectivity index (χ0) is 22.9. The molecule has 0 unspecified atom stereocenters. The highest BCUT2D eigenvalue weighted by atomic mass is 32.1. The molecule has 1 amide bonds. The molecule has 5 rings (SSSR count). The number of halogens is 1. The van der Waals surface area contributed by atoms with Gasteiger partial charge in [-0.1, -0.05) is 18.2 Å². The first-order chi connectivity index (χ1) is 16.0. The summed E-state index contributed by atoms with van der Waals surface area (Å²) in [7, 11) is 1.84. The predicted octanol–water partition coefficient (Wildman–Crippen LogP) is 4.64. The van der Waals surface area contributed by atoms with Gasteiger partial charge in [0.1, 0.15) is 10.6 Å². The number of anilines is 1. The maximum absolute atomic E-state index is 13.4. The lowest BCUT2D eigenvalue weighted by molar-refractivity contribution is 0.0789. The number of nitrogens with zero attached hydrogens (tertiary/aromatic N) is 4. The van der Waals surface area contributed by atoms with Gasteiger partial charge in [-0.15, -0.1) is 11.3 Å². The molecule has 8 heteroatoms. The lowest BCUT2D eigenvalue weighted by atomic mass is 10.1. The van der Waals surface area contributed by atoms with Gasteiger partial charge in [-0.05, 0) is 48.9 Å². The number of thiophene rings is 1. The molecule has 170 valence electrons. The number of carbonyl (C=O) groups is 1. The fourth-order valence-electron chi connectivity index (χ4n) is 4.18. The molecule has 1 saturated heterocycles. The third-order valence-electron chi connectivity index (χ3n) is 5.92. The highest BCUT2D eigenvalue weighted by Gasteiger charge is 2.21. The fraction of sp³-hybridized carbons (Fsp3) is 0.280. The van der Waals surface area contributed by atoms with Gasteiger partial charge in [0, 0.05) is 37.8 Å². The lowest BCUT2D eigenvalue weighted by Crippen LogP contribution is -2.37. The smallest absolute Gasteiger partial charge is 0.264 e. The third-order valence-corrected chi connectivity index (χ3v) is 7.02. The molecule has 0 aliphatic carbocycles. The number of rotatable bonds is 5. The Morgan fingerprint density at radius 1 is 1.15 bits per heavy atom. The van der Waals surface area contributed by atoms with Crippen LogP contribution in [0.1, 0.15) is 20.9 Å². The standard InChI is InChI=1S/C25H25FN4O2S/c1-17-21-15-23(33-25(21)30(27-17)20-9-7-19(26)8-10-20)24(31)28(2)16-18-5-3-4-6-22(18)29-11-13-32-14-12-29/h3-10,15H,11-14,16H2,1-2H3. The Morgan fingerprint density at radius 3 is 2.64 bits per heavy atom. The van der Waals surface area contributed by atoms with Crippen molar-refractivity contribution in [1.82, 2.24) is 14.7 Å². The Morgan fingerprint density at radius 2 is 1.88 bits per heavy atom. The average molecular weight is 465 g/mol. The van der Waals surface area contributed by atoms with Gasteiger partial charge in [-0.3, -0.25) is 4.79 Å². The molecule has 2 aromatic carbocycles. The highest BCUT2D eigenvalue weighted by molar-refractivity contribution is 7.20. The minimum atomic E-state index is -0.292. The first kappa shape index (κ1) is 21.6. The number of fused-ring (bicyclic) bond motifs is 1. The van der Waals surface area contributed by atoms with E-state index >= 15 is 0 Å². The van der Waals surface area contributed by atoms with Crippen LogP contribution in [0, 0.1) is 12.7 Å². The molecule has 1 aliphatic heterocycles. The molecule has 1 aliphatic rings. The van der Waals surface area contributed by atoms with Crippen LogP contribution in [0.2, 0.25) is 0 Å². The van der Waals surface area contributed by atoms with E-state index < -0.39 is 0 Å². The van der Waals surface area contributed by atoms with Gasteiger partial charge >= 0.3 is 0 Å². The second-order valence-electron chi connectivity index (χ2n) is 8.19. The minimum Gasteiger partial charge on any atom is -0.378 e. The fourth-order valence-corrected chi connectivity index (χ4v) is 5.36. The zero-order valence-corrected chi connectivity index (χ0v) is 19.4. The predicted molar refractivity (Wildman–Crippen MR) is 129 cm³/mol. The summed E-state index contributed by atoms with van der Waals surface area (Å²) in [5.41, 5.74) is 3.87. The number of hydrogen-bond acceptors (Lipinski definition) is 5. The minimum absolute atomic E-state index is 0.0296. The third kappa shape index (κ3) is 4.24. The normalized spacial score (nSPS) is 14.1. The molecular formula is C25H25FN4O2S. The molecule has 3 heterocycles. The van der Waals surface area contributed by atoms with Crippen molar-refractivity contribution in [3.05, 3.63) is 76.5 Å². The van der Waals surface area contributed by atoms with E-state index in [4.69, 9.17) is 4.74 Å². The SMILES string of the molecule is Cc1nn(-c2ccc(F)cc2)c2sc(C(=O)N(C)Cc3ccccc3N3CCOCC3)cc12. The Balaban J connectivity index is 1.40. The summed E-state index contributed by atoms with van der Waals surface area (Å²) < 4.78 is 20.6. The molecule has 0 saturated carbocycles. The maximum Gasteiger partial charge on any atom is 0.264 e. The number of amides is 1. The van der Waals surface area contributed by atoms with Crippen LogP contribution in [0.5, 0.6) is 0 Å². The van der Waals surface area contributed by atoms with E-state index in [0.29, 0.717) is 11.4 Å². The highest BCUT2D eigenvalue weighted by Crippen LogP contribution is 2.32. The van der Waals surface area contributed by atoms with Crippen LogP contribution in [0.15, 0.2) is 54.6 Å². The second-order valence-corrected chi connectivity index (χ2v) is 9.22. The molecule has 0 bridgehead atoms. The summed E-state index contributed by atoms with van der Waals surface area (Å²) in [5, 5.41) is 5.53. The van der Waals surface area contributed by atoms with Gasteiger partial charge in [0.2, 0.25) is 0 Å². The Kier molecular flexibility index (Phi) is 5.86. The second kappa shape index (κ2) is 8.96. The molecule has 6 nitrogen and oxygen atoms in total. The van der Waals surface area contributed by atoms with Gasteiger partial charge in [-0.2, -0.15) is 5.10 Å². The summed E-state index contributed by atoms with van der Waals surface area (Å²) in [5.74, 6) is -0.321. The van der Waals surface area contributed by atoms with Crippen molar-refractivity contribution in [2.75, 3.05) is 38.3 Å². The summed E-state index contributed by atoms with van der Waals surface area (Å²) in [4.78, 5) is 18.9. The van der Waals surface area contributed by atoms with E-state index in [9.17, 15) is 9.18 Å². The maximum atomic E-state index is 13.4. The summed E-state index contributed by atoms with van der Waals surface area (Å²) in [6.45, 7) is 5.58. The van der Waals surface area contributed by atoms with Gasteiger partial charge in [-0.25, -0.2) is 9.07 Å². The van der Waals surface area contributed by atoms with Crippen LogP contribution >= 0.6 is 11.3 Å². The number of para-hydroxylation sites is 1. The van der Waals surface area contributed by atoms with Crippen LogP contribution in [-0.2, 0) is 11.3 Å². The summed E-state index contributed by atoms with van der Waals surface area (Å²) in [6.07, 6.45) is 0. The number of carbonyl (C=O) groups excluding carboxylic acids is 1. The van der Waals surface area contributed by atoms with Gasteiger partial charge < -0.3 is 14.5 Å². The Labute approximate surface area is 195 Å². The lowest BCUT2D eigenvalue weighted by Gasteiger charge is -2.31. The van der Waals surface area contributed by atoms with E-state index in [0.717, 1.165) is 59.2 Å². The van der Waals surface area contributed by atoms with Crippen LogP contribution in [0.25, 0.3) is 15.9 Å². The summed E-state index contributed by atoms with van der Waals surface area (Å²) in [6, 6.07) is 16.4. The molecule has 0 spiro atoms. The van der Waals surface area contributed by atoms with Gasteiger partial charge in [0.25, 0.3) is 5.91 Å². The molecule has 33 heavy (non-hydrogen) atoms. The molecule has 2 aromatic heterocycles. The molecule has 0 atom stereocenters. The van der Waals surface area contributed by atoms with Crippen molar-refractivity contribution in [3.63, 3.8) is 0 Å². The van der Waals surface area contributed by atoms with E-state index in [-0.39, 0.29) is 11.7 Å². The van der Waals surface area contributed by atoms with Crippen molar-refractivity contribution >= 4 is 33.1 Å². The van der Waals surface area contributed by atoms with E-state index in [2.05, 4.69) is 22.1 Å². The monoisotopic (exact) mass is 464 g/mol. The number of aromatic nitrogens is 2. The van der Waals surface area contributed by atoms with E-state index in [1.54, 1.807) is 21.7 Å². The molecule has 1 fully saturated rings. The van der Waals surface area contributed by atoms with Crippen molar-refractivity contribution in [2.24, 2.45) is 0 Å². The summed E-state index contributed by atoms with van der Waals surface area (Å²) >= 11 is 1.41. The first-order valence-corrected chi connectivity index (χ1v) is 11.7. The largest absolute Gasteiger partial charge is 0.378 e. The average Bonchev–Trinajstić information content (AvgIpc) is 3.40. The van der Waals surface area contributed by atoms with Crippen LogP contribution in [-0.4, -0.2) is 53.9 Å². The topological polar surface area (TPSA) is 50.6 Å². The molecule has 4 aromatic rings. The molecule has 0 N–H and O–H groups in total. The molecule has 0 radical (unpaired) electrons. The zero-order valence-electron chi connectivity index (χ0n) is 18.6. The van der Waals surface area contributed by atoms with Crippen molar-refractivity contribution < 1.29 is 13.9 Å². The number of benzene rings is 2. The first-order valence-electron chi connectivity index (χ1n) is 10.9. The van der Waals surface area contributed by atoms with Crippen LogP contribution < -0.4 is 4.90 Å². The van der Waals surface area contributed by atoms with E-state index in [1.807, 2.05) is 32.2 Å². The Bertz CT molecular complexity index is 1290. The number of ether oxygens (including phenoxy) is 1. The van der Waals surface area contributed by atoms with Crippen LogP contribution in [0.3, 0.4) is 0 Å². The van der Waals surface area contributed by atoms with Crippen molar-refractivity contribution in [1.29, 1.82) is 0 Å². The van der Waals surface area contributed by atoms with Gasteiger partial charge in [0.15, 0.2) is 0 Å². The number of aryl methyl sites for hydroxylation is 1. The number of hydrogen-bond donors (Lipinski definition) is 0. The van der Waals surface area contributed by atoms with Crippen molar-refractivity contribution in [2.45, 2.75) is 13.5 Å². The van der Waals surface area contributed by atoms with Gasteiger partial charge in [0.05, 0.1) is 29.5 Å². The quantitative estimate of drug-likeness (QED) is 0.432.